The van der Waals surface area contributed by atoms with Crippen molar-refractivity contribution < 1.29 is 0 Å². The Bertz CT molecular complexity index is 1720. The van der Waals surface area contributed by atoms with Gasteiger partial charge in [0.1, 0.15) is 0 Å². The Kier molecular flexibility index (Phi) is 5.46. The van der Waals surface area contributed by atoms with Crippen LogP contribution >= 0.6 is 0 Å². The van der Waals surface area contributed by atoms with Gasteiger partial charge in [0.15, 0.2) is 8.07 Å². The summed E-state index contributed by atoms with van der Waals surface area (Å²) in [5.41, 5.74) is 1.28. The summed E-state index contributed by atoms with van der Waals surface area (Å²) in [6.45, 7) is 2.18. The van der Waals surface area contributed by atoms with Crippen LogP contribution < -0.4 is 20.7 Å². The predicted octanol–water partition coefficient (Wildman–Crippen LogP) is 6.83. The molecule has 0 nitrogen and oxygen atoms in total. The monoisotopic (exact) mass is 500 g/mol. The van der Waals surface area contributed by atoms with Crippen LogP contribution in [0.4, 0.5) is 0 Å². The number of fused-ring (bicyclic) bond motifs is 3. The summed E-state index contributed by atoms with van der Waals surface area (Å²) in [6, 6.07) is 56.8. The first-order valence-corrected chi connectivity index (χ1v) is 15.3. The first-order valence-electron chi connectivity index (χ1n) is 13.3. The number of hydrogen-bond donors (Lipinski definition) is 0. The molecule has 0 aromatic heterocycles. The van der Waals surface area contributed by atoms with E-state index in [9.17, 15) is 0 Å². The maximum atomic E-state index is 2.40. The first-order chi connectivity index (χ1) is 18.8. The van der Waals surface area contributed by atoms with E-state index < -0.39 is 8.07 Å². The van der Waals surface area contributed by atoms with Gasteiger partial charge in [0, 0.05) is 0 Å². The standard InChI is InChI=1S/C37H28Si/c1-27-23-25-31(26-24-27)38(35-20-8-14-28-11-2-5-17-32(28)35,36-21-9-15-29-12-3-6-18-33(29)36)37-22-10-16-30-13-4-7-19-34(30)37/h2-26H,1H3. The van der Waals surface area contributed by atoms with E-state index in [-0.39, 0.29) is 0 Å². The zero-order valence-electron chi connectivity index (χ0n) is 21.4. The van der Waals surface area contributed by atoms with Gasteiger partial charge in [-0.2, -0.15) is 0 Å². The Hall–Kier alpha value is -4.46. The van der Waals surface area contributed by atoms with Crippen molar-refractivity contribution in [2.45, 2.75) is 6.92 Å². The molecule has 0 saturated heterocycles. The highest BCUT2D eigenvalue weighted by Gasteiger charge is 2.44. The fourth-order valence-corrected chi connectivity index (χ4v) is 11.8. The molecule has 0 aliphatic rings. The molecule has 0 aliphatic heterocycles. The largest absolute Gasteiger partial charge is 0.181 e. The van der Waals surface area contributed by atoms with Crippen LogP contribution in [0.1, 0.15) is 5.56 Å². The van der Waals surface area contributed by atoms with Gasteiger partial charge >= 0.3 is 0 Å². The van der Waals surface area contributed by atoms with E-state index in [0.29, 0.717) is 0 Å². The molecule has 7 rings (SSSR count). The van der Waals surface area contributed by atoms with Gasteiger partial charge in [-0.25, -0.2) is 0 Å². The Balaban J connectivity index is 1.77. The molecular formula is C37H28Si. The van der Waals surface area contributed by atoms with Crippen LogP contribution in [0.15, 0.2) is 152 Å². The summed E-state index contributed by atoms with van der Waals surface area (Å²) in [5, 5.41) is 13.6. The second-order valence-corrected chi connectivity index (χ2v) is 13.9. The van der Waals surface area contributed by atoms with Gasteiger partial charge < -0.3 is 0 Å². The van der Waals surface area contributed by atoms with Gasteiger partial charge in [0.25, 0.3) is 0 Å². The van der Waals surface area contributed by atoms with Gasteiger partial charge in [-0.05, 0) is 60.0 Å². The van der Waals surface area contributed by atoms with Gasteiger partial charge in [0.2, 0.25) is 0 Å². The van der Waals surface area contributed by atoms with E-state index in [4.69, 9.17) is 0 Å². The summed E-state index contributed by atoms with van der Waals surface area (Å²) in [4.78, 5) is 0. The minimum absolute atomic E-state index is 1.28. The highest BCUT2D eigenvalue weighted by atomic mass is 28.3. The van der Waals surface area contributed by atoms with Gasteiger partial charge in [-0.15, -0.1) is 0 Å². The number of rotatable bonds is 4. The van der Waals surface area contributed by atoms with Crippen molar-refractivity contribution in [1.82, 2.24) is 0 Å². The van der Waals surface area contributed by atoms with Crippen molar-refractivity contribution in [2.24, 2.45) is 0 Å². The molecule has 7 aromatic rings. The van der Waals surface area contributed by atoms with Gasteiger partial charge in [-0.1, -0.05) is 157 Å². The normalized spacial score (nSPS) is 11.8. The average molecular weight is 501 g/mol. The summed E-state index contributed by atoms with van der Waals surface area (Å²) < 4.78 is 0. The Morgan fingerprint density at radius 2 is 0.684 bits per heavy atom. The molecule has 0 fully saturated rings. The lowest BCUT2D eigenvalue weighted by Gasteiger charge is -2.37. The second kappa shape index (κ2) is 9.13. The van der Waals surface area contributed by atoms with E-state index in [0.717, 1.165) is 0 Å². The van der Waals surface area contributed by atoms with Crippen LogP contribution in [0.3, 0.4) is 0 Å². The molecule has 0 heterocycles. The van der Waals surface area contributed by atoms with Crippen molar-refractivity contribution in [3.05, 3.63) is 157 Å². The summed E-state index contributed by atoms with van der Waals surface area (Å²) in [7, 11) is -2.82. The number of benzene rings is 7. The minimum atomic E-state index is -2.82. The predicted molar refractivity (Wildman–Crippen MR) is 167 cm³/mol. The van der Waals surface area contributed by atoms with E-state index in [1.807, 2.05) is 0 Å². The van der Waals surface area contributed by atoms with Crippen molar-refractivity contribution in [3.63, 3.8) is 0 Å². The van der Waals surface area contributed by atoms with Gasteiger partial charge in [-0.3, -0.25) is 0 Å². The van der Waals surface area contributed by atoms with Crippen molar-refractivity contribution in [1.29, 1.82) is 0 Å². The second-order valence-electron chi connectivity index (χ2n) is 10.2. The molecule has 0 bridgehead atoms. The van der Waals surface area contributed by atoms with Crippen LogP contribution in [-0.2, 0) is 0 Å². The lowest BCUT2D eigenvalue weighted by molar-refractivity contribution is 1.49. The summed E-state index contributed by atoms with van der Waals surface area (Å²) in [6.07, 6.45) is 0. The molecule has 7 aromatic carbocycles. The molecule has 0 saturated carbocycles. The molecule has 38 heavy (non-hydrogen) atoms. The molecule has 0 atom stereocenters. The lowest BCUT2D eigenvalue weighted by Crippen LogP contribution is -2.75. The number of hydrogen-bond acceptors (Lipinski definition) is 0. The first kappa shape index (κ1) is 22.7. The Morgan fingerprint density at radius 3 is 1.08 bits per heavy atom. The van der Waals surface area contributed by atoms with Crippen LogP contribution in [-0.4, -0.2) is 8.07 Å². The van der Waals surface area contributed by atoms with Crippen molar-refractivity contribution >= 4 is 61.1 Å². The zero-order chi connectivity index (χ0) is 25.5. The molecule has 0 unspecified atom stereocenters. The third-order valence-corrected chi connectivity index (χ3v) is 13.0. The number of aryl methyl sites for hydroxylation is 1. The SMILES string of the molecule is Cc1ccc([Si](c2cccc3ccccc23)(c2cccc3ccccc23)c2cccc3ccccc23)cc1. The van der Waals surface area contributed by atoms with Gasteiger partial charge in [0.05, 0.1) is 0 Å². The van der Waals surface area contributed by atoms with Crippen LogP contribution in [0.5, 0.6) is 0 Å². The average Bonchev–Trinajstić information content (AvgIpc) is 2.98. The van der Waals surface area contributed by atoms with Crippen LogP contribution in [0.25, 0.3) is 32.3 Å². The highest BCUT2D eigenvalue weighted by molar-refractivity contribution is 7.22. The van der Waals surface area contributed by atoms with Crippen molar-refractivity contribution in [3.8, 4) is 0 Å². The topological polar surface area (TPSA) is 0 Å². The van der Waals surface area contributed by atoms with E-state index in [1.54, 1.807) is 0 Å². The maximum Gasteiger partial charge on any atom is 0.181 e. The lowest BCUT2D eigenvalue weighted by atomic mass is 10.1. The molecule has 0 amide bonds. The fourth-order valence-electron chi connectivity index (χ4n) is 6.36. The van der Waals surface area contributed by atoms with E-state index in [1.165, 1.54) is 58.6 Å². The molecule has 0 aliphatic carbocycles. The van der Waals surface area contributed by atoms with E-state index >= 15 is 0 Å². The Morgan fingerprint density at radius 1 is 0.342 bits per heavy atom. The van der Waals surface area contributed by atoms with Crippen LogP contribution in [0.2, 0.25) is 0 Å². The minimum Gasteiger partial charge on any atom is -0.0617 e. The third kappa shape index (κ3) is 3.43. The Labute approximate surface area is 224 Å². The third-order valence-electron chi connectivity index (χ3n) is 8.07. The summed E-state index contributed by atoms with van der Waals surface area (Å²) >= 11 is 0. The molecule has 1 heteroatoms. The summed E-state index contributed by atoms with van der Waals surface area (Å²) in [5.74, 6) is 0. The van der Waals surface area contributed by atoms with E-state index in [2.05, 4.69) is 159 Å². The molecular weight excluding hydrogens is 472 g/mol. The van der Waals surface area contributed by atoms with Crippen molar-refractivity contribution in [2.75, 3.05) is 0 Å². The molecule has 0 N–H and O–H groups in total. The van der Waals surface area contributed by atoms with Crippen LogP contribution in [0, 0.1) is 6.92 Å². The fraction of sp³-hybridized carbons (Fsp3) is 0.0270. The zero-order valence-corrected chi connectivity index (χ0v) is 22.4. The highest BCUT2D eigenvalue weighted by Crippen LogP contribution is 2.24. The smallest absolute Gasteiger partial charge is 0.0617 e. The quantitative estimate of drug-likeness (QED) is 0.183. The molecule has 0 radical (unpaired) electrons. The molecule has 180 valence electrons. The maximum absolute atomic E-state index is 2.82. The molecule has 0 spiro atoms.